The Kier molecular flexibility index (Phi) is 8.56. The van der Waals surface area contributed by atoms with Crippen LogP contribution in [0.1, 0.15) is 99.9 Å². The number of nitrogens with one attached hydrogen (secondary N) is 1. The number of hydrogen-bond acceptors (Lipinski definition) is 4. The van der Waals surface area contributed by atoms with Crippen LogP contribution in [-0.2, 0) is 4.79 Å². The zero-order valence-corrected chi connectivity index (χ0v) is 23.5. The maximum atomic E-state index is 12.8. The van der Waals surface area contributed by atoms with Crippen molar-refractivity contribution >= 4 is 11.8 Å². The molecule has 2 aliphatic carbocycles. The minimum absolute atomic E-state index is 0.0917. The third-order valence-corrected chi connectivity index (χ3v) is 9.16. The molecule has 3 atom stereocenters. The van der Waals surface area contributed by atoms with Gasteiger partial charge in [-0.05, 0) is 86.1 Å². The first-order chi connectivity index (χ1) is 18.8. The number of carbonyl (C=O) groups is 2. The van der Waals surface area contributed by atoms with Gasteiger partial charge < -0.3 is 15.2 Å². The molecule has 2 aromatic rings. The van der Waals surface area contributed by atoms with Crippen LogP contribution in [0.5, 0.6) is 5.75 Å². The number of carboxylic acids is 1. The SMILES string of the molecule is CC(C)c1ccccc1-c1cc(C(=O)O)ccc1O[C@@H]1CC[C@@H](/C=C/CCC(=O)[C@H]2CNC3(CCCC3)C2)C1. The maximum absolute atomic E-state index is 12.8. The van der Waals surface area contributed by atoms with Crippen molar-refractivity contribution in [1.29, 1.82) is 0 Å². The summed E-state index contributed by atoms with van der Waals surface area (Å²) in [6.07, 6.45) is 15.1. The predicted octanol–water partition coefficient (Wildman–Crippen LogP) is 7.55. The number of allylic oxidation sites excluding steroid dienone is 2. The summed E-state index contributed by atoms with van der Waals surface area (Å²) in [5, 5.41) is 13.3. The highest BCUT2D eigenvalue weighted by molar-refractivity contribution is 5.91. The Morgan fingerprint density at radius 2 is 1.90 bits per heavy atom. The minimum atomic E-state index is -0.934. The highest BCUT2D eigenvalue weighted by Gasteiger charge is 2.42. The van der Waals surface area contributed by atoms with Crippen molar-refractivity contribution in [2.75, 3.05) is 6.54 Å². The second-order valence-corrected chi connectivity index (χ2v) is 12.3. The molecule has 5 rings (SSSR count). The number of ether oxygens (including phenoxy) is 1. The summed E-state index contributed by atoms with van der Waals surface area (Å²) >= 11 is 0. The zero-order chi connectivity index (χ0) is 27.4. The van der Waals surface area contributed by atoms with Gasteiger partial charge in [-0.3, -0.25) is 4.79 Å². The van der Waals surface area contributed by atoms with E-state index in [0.29, 0.717) is 24.0 Å². The van der Waals surface area contributed by atoms with Crippen LogP contribution in [0.4, 0.5) is 0 Å². The van der Waals surface area contributed by atoms with Crippen molar-refractivity contribution in [3.05, 3.63) is 65.7 Å². The summed E-state index contributed by atoms with van der Waals surface area (Å²) in [5.41, 5.74) is 3.58. The van der Waals surface area contributed by atoms with Gasteiger partial charge in [0.1, 0.15) is 11.5 Å². The van der Waals surface area contributed by atoms with Crippen LogP contribution in [-0.4, -0.2) is 35.0 Å². The molecule has 2 N–H and O–H groups in total. The molecule has 1 aliphatic heterocycles. The van der Waals surface area contributed by atoms with Gasteiger partial charge in [0.05, 0.1) is 11.7 Å². The third-order valence-electron chi connectivity index (χ3n) is 9.16. The van der Waals surface area contributed by atoms with Crippen LogP contribution in [0.15, 0.2) is 54.6 Å². The van der Waals surface area contributed by atoms with Crippen molar-refractivity contribution in [3.8, 4) is 16.9 Å². The van der Waals surface area contributed by atoms with Crippen molar-refractivity contribution in [2.24, 2.45) is 11.8 Å². The van der Waals surface area contributed by atoms with Crippen molar-refractivity contribution in [2.45, 2.75) is 95.6 Å². The lowest BCUT2D eigenvalue weighted by Crippen LogP contribution is -2.35. The standard InChI is InChI=1S/C34H43NO4/c1-23(2)28-10-4-5-11-29(28)30-20-25(33(37)38)14-16-32(30)39-27-15-13-24(19-27)9-3-6-12-31(36)26-21-34(35-22-26)17-7-8-18-34/h3-5,9-11,14,16,20,23-24,26-27,35H,6-8,12-13,15,17-19,21-22H2,1-2H3,(H,37,38)/b9-3+/t24-,26-,27-/m1/s1. The Hall–Kier alpha value is -2.92. The third kappa shape index (κ3) is 6.46. The Labute approximate surface area is 233 Å². The van der Waals surface area contributed by atoms with E-state index in [1.165, 1.54) is 31.2 Å². The van der Waals surface area contributed by atoms with Gasteiger partial charge in [-0.1, -0.05) is 63.1 Å². The molecular weight excluding hydrogens is 486 g/mol. The number of hydrogen-bond donors (Lipinski definition) is 2. The van der Waals surface area contributed by atoms with E-state index in [1.54, 1.807) is 12.1 Å². The van der Waals surface area contributed by atoms with Crippen LogP contribution in [0, 0.1) is 11.8 Å². The number of aromatic carboxylic acids is 1. The molecular formula is C34H43NO4. The molecule has 2 saturated carbocycles. The fourth-order valence-electron chi connectivity index (χ4n) is 6.99. The van der Waals surface area contributed by atoms with Gasteiger partial charge in [0.15, 0.2) is 0 Å². The number of ketones is 1. The normalized spacial score (nSPS) is 24.2. The fraction of sp³-hybridized carbons (Fsp3) is 0.529. The van der Waals surface area contributed by atoms with Crippen LogP contribution in [0.25, 0.3) is 11.1 Å². The molecule has 0 aromatic heterocycles. The molecule has 1 spiro atoms. The maximum Gasteiger partial charge on any atom is 0.335 e. The lowest BCUT2D eigenvalue weighted by Gasteiger charge is -2.22. The Bertz CT molecular complexity index is 1210. The van der Waals surface area contributed by atoms with Crippen LogP contribution in [0.3, 0.4) is 0 Å². The smallest absolute Gasteiger partial charge is 0.335 e. The number of benzene rings is 2. The van der Waals surface area contributed by atoms with Gasteiger partial charge in [0, 0.05) is 30.0 Å². The van der Waals surface area contributed by atoms with Crippen LogP contribution in [0.2, 0.25) is 0 Å². The Morgan fingerprint density at radius 1 is 1.10 bits per heavy atom. The van der Waals surface area contributed by atoms with Gasteiger partial charge in [0.2, 0.25) is 0 Å². The Morgan fingerprint density at radius 3 is 2.67 bits per heavy atom. The first-order valence-electron chi connectivity index (χ1n) is 14.9. The molecule has 5 heteroatoms. The summed E-state index contributed by atoms with van der Waals surface area (Å²) < 4.78 is 6.53. The lowest BCUT2D eigenvalue weighted by atomic mass is 9.88. The summed E-state index contributed by atoms with van der Waals surface area (Å²) in [5.74, 6) is 1.19. The number of carboxylic acid groups (broad SMARTS) is 1. The molecule has 208 valence electrons. The van der Waals surface area contributed by atoms with E-state index >= 15 is 0 Å². The molecule has 3 aliphatic rings. The molecule has 3 fully saturated rings. The van der Waals surface area contributed by atoms with E-state index in [0.717, 1.165) is 55.5 Å². The van der Waals surface area contributed by atoms with E-state index in [4.69, 9.17) is 4.74 Å². The number of rotatable bonds is 10. The quantitative estimate of drug-likeness (QED) is 0.311. The van der Waals surface area contributed by atoms with Crippen LogP contribution < -0.4 is 10.1 Å². The first kappa shape index (κ1) is 27.6. The van der Waals surface area contributed by atoms with Gasteiger partial charge in [-0.2, -0.15) is 0 Å². The fourth-order valence-corrected chi connectivity index (χ4v) is 6.99. The largest absolute Gasteiger partial charge is 0.490 e. The monoisotopic (exact) mass is 529 g/mol. The summed E-state index contributed by atoms with van der Waals surface area (Å²) in [4.78, 5) is 24.5. The van der Waals surface area contributed by atoms with Crippen molar-refractivity contribution in [1.82, 2.24) is 5.32 Å². The molecule has 0 unspecified atom stereocenters. The first-order valence-corrected chi connectivity index (χ1v) is 14.9. The molecule has 5 nitrogen and oxygen atoms in total. The van der Waals surface area contributed by atoms with E-state index in [2.05, 4.69) is 43.4 Å². The lowest BCUT2D eigenvalue weighted by molar-refractivity contribution is -0.122. The highest BCUT2D eigenvalue weighted by Crippen LogP contribution is 2.40. The average Bonchev–Trinajstić information content (AvgIpc) is 3.69. The molecule has 0 bridgehead atoms. The molecule has 0 radical (unpaired) electrons. The van der Waals surface area contributed by atoms with E-state index < -0.39 is 5.97 Å². The number of Topliss-reactive ketones (excluding diaryl/α,β-unsaturated/α-hetero) is 1. The zero-order valence-electron chi connectivity index (χ0n) is 23.5. The van der Waals surface area contributed by atoms with E-state index in [-0.39, 0.29) is 23.1 Å². The minimum Gasteiger partial charge on any atom is -0.490 e. The van der Waals surface area contributed by atoms with Crippen molar-refractivity contribution < 1.29 is 19.4 Å². The molecule has 0 amide bonds. The summed E-state index contributed by atoms with van der Waals surface area (Å²) in [7, 11) is 0. The average molecular weight is 530 g/mol. The second-order valence-electron chi connectivity index (χ2n) is 12.3. The Balaban J connectivity index is 1.17. The predicted molar refractivity (Wildman–Crippen MR) is 155 cm³/mol. The molecule has 1 saturated heterocycles. The van der Waals surface area contributed by atoms with Gasteiger partial charge >= 0.3 is 5.97 Å². The van der Waals surface area contributed by atoms with Gasteiger partial charge in [0.25, 0.3) is 0 Å². The molecule has 1 heterocycles. The number of carbonyl (C=O) groups excluding carboxylic acids is 1. The van der Waals surface area contributed by atoms with Crippen molar-refractivity contribution in [3.63, 3.8) is 0 Å². The van der Waals surface area contributed by atoms with Gasteiger partial charge in [-0.15, -0.1) is 0 Å². The van der Waals surface area contributed by atoms with Crippen LogP contribution >= 0.6 is 0 Å². The van der Waals surface area contributed by atoms with E-state index in [1.807, 2.05) is 18.2 Å². The highest BCUT2D eigenvalue weighted by atomic mass is 16.5. The van der Waals surface area contributed by atoms with Gasteiger partial charge in [-0.25, -0.2) is 4.79 Å². The second kappa shape index (κ2) is 12.1. The summed E-state index contributed by atoms with van der Waals surface area (Å²) in [6, 6.07) is 13.4. The molecule has 2 aromatic carbocycles. The summed E-state index contributed by atoms with van der Waals surface area (Å²) in [6.45, 7) is 5.17. The topological polar surface area (TPSA) is 75.6 Å². The molecule has 39 heavy (non-hydrogen) atoms. The van der Waals surface area contributed by atoms with E-state index in [9.17, 15) is 14.7 Å².